The number of aliphatic hydroxyl groups is 2. The minimum absolute atomic E-state index is 0.245. The van der Waals surface area contributed by atoms with Gasteiger partial charge >= 0.3 is 11.9 Å². The van der Waals surface area contributed by atoms with E-state index < -0.39 is 58.1 Å². The molecule has 12 nitrogen and oxygen atoms in total. The average molecular weight is 1140 g/mol. The van der Waals surface area contributed by atoms with E-state index in [0.29, 0.717) is 68.5 Å². The van der Waals surface area contributed by atoms with Crippen molar-refractivity contribution in [2.24, 2.45) is 10.8 Å². The Bertz CT molecular complexity index is 2920. The van der Waals surface area contributed by atoms with Crippen molar-refractivity contribution in [3.05, 3.63) is 199 Å². The van der Waals surface area contributed by atoms with Gasteiger partial charge in [-0.15, -0.1) is 0 Å². The van der Waals surface area contributed by atoms with E-state index in [4.69, 9.17) is 56.4 Å². The van der Waals surface area contributed by atoms with Crippen LogP contribution in [-0.2, 0) is 30.4 Å². The minimum Gasteiger partial charge on any atom is -0.481 e. The third-order valence-corrected chi connectivity index (χ3v) is 16.2. The number of pyridine rings is 2. The standard InChI is InChI=1S/2C31H34Cl2N2O4/c2*1-5-25(24-10-7-11-26(34-24)30(2,3)39)35-28(19-12-14-21(32)15-13-19)23(20-8-6-9-22(33)16-20)17-31(4,29(35)38)18-27(36)37/h2*6-16,23,25,28,39H,5,17-18H2,1-4H3,(H,36,37)/t23-,25+,28-,31-;23-,25-,28-,31-/m11/s1. The predicted octanol–water partition coefficient (Wildman–Crippen LogP) is 14.6. The molecule has 16 heteroatoms. The Morgan fingerprint density at radius 1 is 0.538 bits per heavy atom. The number of aliphatic carboxylic acids is 2. The first-order chi connectivity index (χ1) is 36.7. The van der Waals surface area contributed by atoms with Gasteiger partial charge in [-0.3, -0.25) is 29.1 Å². The molecule has 2 fully saturated rings. The molecular weight excluding hydrogens is 1070 g/mol. The van der Waals surface area contributed by atoms with Crippen molar-refractivity contribution in [3.63, 3.8) is 0 Å². The highest BCUT2D eigenvalue weighted by molar-refractivity contribution is 6.31. The first-order valence-corrected chi connectivity index (χ1v) is 27.7. The lowest BCUT2D eigenvalue weighted by atomic mass is 9.67. The van der Waals surface area contributed by atoms with Crippen molar-refractivity contribution < 1.29 is 39.6 Å². The van der Waals surface area contributed by atoms with Crippen LogP contribution < -0.4 is 0 Å². The Balaban J connectivity index is 0.000000226. The molecule has 0 unspecified atom stereocenters. The van der Waals surface area contributed by atoms with Gasteiger partial charge in [-0.05, 0) is 148 Å². The Kier molecular flexibility index (Phi) is 18.6. The van der Waals surface area contributed by atoms with Crippen molar-refractivity contribution in [2.45, 2.75) is 141 Å². The van der Waals surface area contributed by atoms with E-state index in [9.17, 15) is 39.6 Å². The number of likely N-dealkylation sites (tertiary alicyclic amines) is 2. The van der Waals surface area contributed by atoms with E-state index in [1.807, 2.05) is 109 Å². The summed E-state index contributed by atoms with van der Waals surface area (Å²) in [5.41, 5.74) is 1.19. The van der Waals surface area contributed by atoms with Gasteiger partial charge in [0, 0.05) is 31.9 Å². The number of carbonyl (C=O) groups is 4. The number of piperidine rings is 2. The normalized spacial score (nSPS) is 22.5. The fourth-order valence-electron chi connectivity index (χ4n) is 11.5. The molecule has 2 aliphatic rings. The molecule has 78 heavy (non-hydrogen) atoms. The van der Waals surface area contributed by atoms with Crippen LogP contribution in [0.3, 0.4) is 0 Å². The summed E-state index contributed by atoms with van der Waals surface area (Å²) in [4.78, 5) is 66.2. The lowest BCUT2D eigenvalue weighted by Crippen LogP contribution is -2.53. The highest BCUT2D eigenvalue weighted by Gasteiger charge is 2.54. The van der Waals surface area contributed by atoms with E-state index in [-0.39, 0.29) is 36.5 Å². The van der Waals surface area contributed by atoms with Crippen LogP contribution in [-0.4, -0.2) is 63.9 Å². The largest absolute Gasteiger partial charge is 0.481 e. The molecule has 6 aromatic rings. The molecule has 4 aromatic carbocycles. The minimum atomic E-state index is -1.17. The maximum Gasteiger partial charge on any atom is 0.304 e. The molecule has 0 radical (unpaired) electrons. The second-order valence-corrected chi connectivity index (χ2v) is 24.0. The number of nitrogens with zero attached hydrogens (tertiary/aromatic N) is 4. The number of halogens is 4. The summed E-state index contributed by atoms with van der Waals surface area (Å²) in [7, 11) is 0. The lowest BCUT2D eigenvalue weighted by molar-refractivity contribution is -0.161. The predicted molar refractivity (Wildman–Crippen MR) is 305 cm³/mol. The zero-order chi connectivity index (χ0) is 57.1. The van der Waals surface area contributed by atoms with Gasteiger partial charge in [-0.2, -0.15) is 0 Å². The topological polar surface area (TPSA) is 181 Å². The molecule has 0 spiro atoms. The third kappa shape index (κ3) is 13.4. The molecule has 4 N–H and O–H groups in total. The quantitative estimate of drug-likeness (QED) is 0.0728. The highest BCUT2D eigenvalue weighted by Crippen LogP contribution is 2.56. The monoisotopic (exact) mass is 1140 g/mol. The Morgan fingerprint density at radius 2 is 0.872 bits per heavy atom. The van der Waals surface area contributed by atoms with Gasteiger partial charge in [0.05, 0.1) is 70.6 Å². The number of amides is 2. The van der Waals surface area contributed by atoms with Crippen LogP contribution in [0.5, 0.6) is 0 Å². The summed E-state index contributed by atoms with van der Waals surface area (Å²) in [6.45, 7) is 14.1. The Labute approximate surface area is 477 Å². The van der Waals surface area contributed by atoms with Crippen LogP contribution in [0.2, 0.25) is 20.1 Å². The van der Waals surface area contributed by atoms with E-state index in [0.717, 1.165) is 22.3 Å². The highest BCUT2D eigenvalue weighted by atomic mass is 35.5. The van der Waals surface area contributed by atoms with Gasteiger partial charge in [0.1, 0.15) is 11.2 Å². The zero-order valence-corrected chi connectivity index (χ0v) is 48.2. The van der Waals surface area contributed by atoms with E-state index in [1.165, 1.54) is 0 Å². The van der Waals surface area contributed by atoms with Crippen LogP contribution in [0.1, 0.15) is 175 Å². The smallest absolute Gasteiger partial charge is 0.304 e. The average Bonchev–Trinajstić information content (AvgIpc) is 3.37. The number of hydrogen-bond acceptors (Lipinski definition) is 8. The van der Waals surface area contributed by atoms with E-state index in [2.05, 4.69) is 0 Å². The van der Waals surface area contributed by atoms with Gasteiger partial charge < -0.3 is 30.2 Å². The fourth-order valence-corrected chi connectivity index (χ4v) is 12.1. The number of carboxylic acids is 2. The van der Waals surface area contributed by atoms with Crippen molar-refractivity contribution in [1.29, 1.82) is 0 Å². The summed E-state index contributed by atoms with van der Waals surface area (Å²) in [5.74, 6) is -3.06. The van der Waals surface area contributed by atoms with Gasteiger partial charge in [0.25, 0.3) is 0 Å². The number of carboxylic acid groups (broad SMARTS) is 2. The molecule has 2 amide bonds. The summed E-state index contributed by atoms with van der Waals surface area (Å²) < 4.78 is 0. The molecule has 4 heterocycles. The number of benzene rings is 4. The fraction of sp³-hybridized carbons (Fsp3) is 0.387. The molecule has 412 valence electrons. The third-order valence-electron chi connectivity index (χ3n) is 15.2. The lowest BCUT2D eigenvalue weighted by Gasteiger charge is -2.51. The van der Waals surface area contributed by atoms with Crippen molar-refractivity contribution in [2.75, 3.05) is 0 Å². The molecule has 2 aromatic heterocycles. The van der Waals surface area contributed by atoms with Crippen LogP contribution in [0.15, 0.2) is 133 Å². The molecule has 8 rings (SSSR count). The Hall–Kier alpha value is -5.86. The molecule has 0 saturated carbocycles. The van der Waals surface area contributed by atoms with E-state index >= 15 is 0 Å². The summed E-state index contributed by atoms with van der Waals surface area (Å²) in [5, 5.41) is 43.3. The summed E-state index contributed by atoms with van der Waals surface area (Å²) in [6.07, 6.45) is 1.11. The Morgan fingerprint density at radius 3 is 1.17 bits per heavy atom. The number of rotatable bonds is 16. The second kappa shape index (κ2) is 24.2. The van der Waals surface area contributed by atoms with Crippen LogP contribution >= 0.6 is 46.4 Å². The molecule has 0 aliphatic carbocycles. The molecular formula is C62H68Cl4N4O8. The van der Waals surface area contributed by atoms with E-state index in [1.54, 1.807) is 90.1 Å². The zero-order valence-electron chi connectivity index (χ0n) is 45.1. The second-order valence-electron chi connectivity index (χ2n) is 22.3. The molecule has 8 atom stereocenters. The molecule has 2 saturated heterocycles. The van der Waals surface area contributed by atoms with Crippen molar-refractivity contribution >= 4 is 70.2 Å². The van der Waals surface area contributed by atoms with Crippen LogP contribution in [0.25, 0.3) is 0 Å². The number of carbonyl (C=O) groups excluding carboxylic acids is 2. The number of aromatic nitrogens is 2. The van der Waals surface area contributed by atoms with Gasteiger partial charge in [-0.1, -0.05) is 135 Å². The number of hydrogen-bond donors (Lipinski definition) is 4. The molecule has 2 aliphatic heterocycles. The first kappa shape index (κ1) is 59.8. The van der Waals surface area contributed by atoms with Gasteiger partial charge in [0.2, 0.25) is 11.8 Å². The molecule has 0 bridgehead atoms. The van der Waals surface area contributed by atoms with Crippen molar-refractivity contribution in [3.8, 4) is 0 Å². The van der Waals surface area contributed by atoms with Crippen LogP contribution in [0.4, 0.5) is 0 Å². The summed E-state index contributed by atoms with van der Waals surface area (Å²) in [6, 6.07) is 39.0. The van der Waals surface area contributed by atoms with Gasteiger partial charge in [-0.25, -0.2) is 0 Å². The maximum absolute atomic E-state index is 14.5. The SMILES string of the molecule is CC[C@@H](c1cccc(C(C)(C)O)n1)N1C(=O)[C@@](C)(CC(=O)O)C[C@H](c2cccc(Cl)c2)[C@H]1c1ccc(Cl)cc1.CC[C@H](c1cccc(C(C)(C)O)n1)N1C(=O)[C@@](C)(CC(=O)O)C[C@H](c2cccc(Cl)c2)[C@H]1c1ccc(Cl)cc1. The maximum atomic E-state index is 14.5. The van der Waals surface area contributed by atoms with Crippen molar-refractivity contribution in [1.82, 2.24) is 19.8 Å². The summed E-state index contributed by atoms with van der Waals surface area (Å²) >= 11 is 25.3. The van der Waals surface area contributed by atoms with Crippen LogP contribution in [0, 0.1) is 10.8 Å². The first-order valence-electron chi connectivity index (χ1n) is 26.2. The van der Waals surface area contributed by atoms with Gasteiger partial charge in [0.15, 0.2) is 0 Å².